The fourth-order valence-corrected chi connectivity index (χ4v) is 3.83. The van der Waals surface area contributed by atoms with Gasteiger partial charge in [-0.25, -0.2) is 0 Å². The molecule has 0 saturated heterocycles. The van der Waals surface area contributed by atoms with E-state index in [2.05, 4.69) is 20.3 Å². The van der Waals surface area contributed by atoms with Crippen molar-refractivity contribution < 1.29 is 29.3 Å². The number of carbonyl (C=O) groups is 3. The van der Waals surface area contributed by atoms with Gasteiger partial charge in [0.2, 0.25) is 5.82 Å². The molecule has 1 aromatic heterocycles. The smallest absolute Gasteiger partial charge is 0.293 e. The fourth-order valence-electron chi connectivity index (χ4n) is 3.83. The van der Waals surface area contributed by atoms with Gasteiger partial charge in [-0.1, -0.05) is 13.8 Å². The van der Waals surface area contributed by atoms with Crippen molar-refractivity contribution in [3.63, 3.8) is 0 Å². The highest BCUT2D eigenvalue weighted by molar-refractivity contribution is 5.95. The van der Waals surface area contributed by atoms with Crippen LogP contribution in [0.1, 0.15) is 59.7 Å². The molecule has 11 nitrogen and oxygen atoms in total. The Bertz CT molecular complexity index is 1270. The Morgan fingerprint density at radius 3 is 2.46 bits per heavy atom. The summed E-state index contributed by atoms with van der Waals surface area (Å²) >= 11 is 0. The molecule has 3 aromatic rings. The minimum atomic E-state index is -0.457. The van der Waals surface area contributed by atoms with E-state index >= 15 is 0 Å². The summed E-state index contributed by atoms with van der Waals surface area (Å²) in [4.78, 5) is 37.4. The molecular weight excluding hydrogens is 478 g/mol. The van der Waals surface area contributed by atoms with E-state index in [-0.39, 0.29) is 41.6 Å². The number of phenols is 2. The number of amides is 2. The number of nitrogens with one attached hydrogen (secondary N) is 1. The Kier molecular flexibility index (Phi) is 8.83. The molecule has 0 aliphatic heterocycles. The molecule has 0 aliphatic rings. The normalized spacial score (nSPS) is 10.8. The summed E-state index contributed by atoms with van der Waals surface area (Å²) in [5.41, 5.74) is 1.82. The third-order valence-electron chi connectivity index (χ3n) is 5.75. The Balaban J connectivity index is 2.02. The Morgan fingerprint density at radius 2 is 1.84 bits per heavy atom. The van der Waals surface area contributed by atoms with Crippen LogP contribution in [0.4, 0.5) is 0 Å². The molecular formula is C26H31N5O6. The van der Waals surface area contributed by atoms with E-state index in [1.807, 2.05) is 13.8 Å². The molecule has 2 aromatic carbocycles. The molecule has 37 heavy (non-hydrogen) atoms. The maximum atomic E-state index is 12.8. The van der Waals surface area contributed by atoms with E-state index in [9.17, 15) is 24.6 Å². The molecule has 0 spiro atoms. The minimum absolute atomic E-state index is 0.00166. The van der Waals surface area contributed by atoms with E-state index < -0.39 is 5.91 Å². The van der Waals surface area contributed by atoms with Gasteiger partial charge in [0.05, 0.1) is 12.2 Å². The molecule has 0 saturated carbocycles. The lowest BCUT2D eigenvalue weighted by Crippen LogP contribution is -2.28. The van der Waals surface area contributed by atoms with Gasteiger partial charge in [-0.15, -0.1) is 10.2 Å². The zero-order valence-electron chi connectivity index (χ0n) is 21.3. The van der Waals surface area contributed by atoms with Gasteiger partial charge in [0.15, 0.2) is 5.82 Å². The van der Waals surface area contributed by atoms with Gasteiger partial charge >= 0.3 is 0 Å². The fraction of sp³-hybridized carbons (Fsp3) is 0.346. The van der Waals surface area contributed by atoms with Crippen molar-refractivity contribution in [2.75, 3.05) is 26.7 Å². The highest BCUT2D eigenvalue weighted by Crippen LogP contribution is 2.38. The molecule has 1 heterocycles. The second kappa shape index (κ2) is 12.0. The molecule has 11 heteroatoms. The first-order valence-electron chi connectivity index (χ1n) is 11.9. The number of aromatic nitrogens is 3. The summed E-state index contributed by atoms with van der Waals surface area (Å²) in [7, 11) is 1.65. The number of rotatable bonds is 11. The molecule has 2 amide bonds. The van der Waals surface area contributed by atoms with Gasteiger partial charge in [-0.05, 0) is 55.2 Å². The largest absolute Gasteiger partial charge is 0.508 e. The average molecular weight is 510 g/mol. The number of nitrogens with zero attached hydrogens (tertiary/aromatic N) is 4. The van der Waals surface area contributed by atoms with Crippen LogP contribution in [0.15, 0.2) is 36.4 Å². The minimum Gasteiger partial charge on any atom is -0.508 e. The first-order valence-corrected chi connectivity index (χ1v) is 11.9. The van der Waals surface area contributed by atoms with Crippen molar-refractivity contribution in [3.05, 3.63) is 53.3 Å². The lowest BCUT2D eigenvalue weighted by Gasteiger charge is -2.17. The van der Waals surface area contributed by atoms with E-state index in [1.165, 1.54) is 15.5 Å². The lowest BCUT2D eigenvalue weighted by atomic mass is 9.98. The molecule has 0 bridgehead atoms. The van der Waals surface area contributed by atoms with Gasteiger partial charge in [-0.3, -0.25) is 19.0 Å². The maximum absolute atomic E-state index is 12.8. The Morgan fingerprint density at radius 1 is 1.14 bits per heavy atom. The molecule has 0 radical (unpaired) electrons. The van der Waals surface area contributed by atoms with Gasteiger partial charge in [-0.2, -0.15) is 0 Å². The van der Waals surface area contributed by atoms with E-state index in [4.69, 9.17) is 0 Å². The van der Waals surface area contributed by atoms with Crippen LogP contribution in [0.3, 0.4) is 0 Å². The second-order valence-corrected chi connectivity index (χ2v) is 8.72. The van der Waals surface area contributed by atoms with Crippen molar-refractivity contribution in [1.82, 2.24) is 25.0 Å². The first-order chi connectivity index (χ1) is 17.7. The van der Waals surface area contributed by atoms with Crippen LogP contribution in [0.25, 0.3) is 17.1 Å². The number of hydrogen-bond donors (Lipinski definition) is 3. The quantitative estimate of drug-likeness (QED) is 0.264. The van der Waals surface area contributed by atoms with E-state index in [1.54, 1.807) is 44.3 Å². The first kappa shape index (κ1) is 27.2. The molecule has 196 valence electrons. The van der Waals surface area contributed by atoms with Crippen LogP contribution in [-0.4, -0.2) is 74.9 Å². The number of carbonyl (C=O) groups excluding carboxylic acids is 3. The Labute approximate surface area is 214 Å². The molecule has 0 aliphatic carbocycles. The van der Waals surface area contributed by atoms with Crippen molar-refractivity contribution in [2.45, 2.75) is 33.1 Å². The van der Waals surface area contributed by atoms with Gasteiger partial charge in [0, 0.05) is 37.5 Å². The topological polar surface area (TPSA) is 147 Å². The van der Waals surface area contributed by atoms with Crippen LogP contribution < -0.4 is 5.32 Å². The van der Waals surface area contributed by atoms with E-state index in [0.29, 0.717) is 48.4 Å². The maximum Gasteiger partial charge on any atom is 0.293 e. The zero-order chi connectivity index (χ0) is 27.1. The molecule has 0 atom stereocenters. The number of phenolic OH excluding ortho intramolecular Hbond substituents is 2. The summed E-state index contributed by atoms with van der Waals surface area (Å²) in [5, 5.41) is 31.9. The average Bonchev–Trinajstić information content (AvgIpc) is 3.31. The van der Waals surface area contributed by atoms with E-state index in [0.717, 1.165) is 0 Å². The van der Waals surface area contributed by atoms with Crippen LogP contribution in [0.2, 0.25) is 0 Å². The molecule has 0 fully saturated rings. The molecule has 3 N–H and O–H groups in total. The second-order valence-electron chi connectivity index (χ2n) is 8.72. The third-order valence-corrected chi connectivity index (χ3v) is 5.75. The van der Waals surface area contributed by atoms with Crippen LogP contribution in [0, 0.1) is 0 Å². The van der Waals surface area contributed by atoms with Crippen molar-refractivity contribution in [2.24, 2.45) is 0 Å². The lowest BCUT2D eigenvalue weighted by molar-refractivity contribution is -0.128. The molecule has 3 rings (SSSR count). The number of benzene rings is 2. The monoisotopic (exact) mass is 509 g/mol. The summed E-state index contributed by atoms with van der Waals surface area (Å²) in [6.45, 7) is 6.97. The Hall–Kier alpha value is -4.41. The SMILES string of the molecule is CCNC(=O)c1nnc(-c2cc(C(C)C)c(O)cc2O)n1-c1ccc(C(=O)N(C)CCCOC=O)cc1. The van der Waals surface area contributed by atoms with Crippen LogP contribution in [0.5, 0.6) is 11.5 Å². The molecule has 0 unspecified atom stereocenters. The number of hydrogen-bond acceptors (Lipinski definition) is 8. The zero-order valence-corrected chi connectivity index (χ0v) is 21.3. The van der Waals surface area contributed by atoms with Crippen LogP contribution >= 0.6 is 0 Å². The highest BCUT2D eigenvalue weighted by Gasteiger charge is 2.24. The summed E-state index contributed by atoms with van der Waals surface area (Å²) in [6, 6.07) is 9.43. The third kappa shape index (κ3) is 6.05. The predicted molar refractivity (Wildman–Crippen MR) is 136 cm³/mol. The van der Waals surface area contributed by atoms with Gasteiger partial charge in [0.1, 0.15) is 11.5 Å². The summed E-state index contributed by atoms with van der Waals surface area (Å²) in [6.07, 6.45) is 0.507. The number of ether oxygens (including phenoxy) is 1. The van der Waals surface area contributed by atoms with Crippen molar-refractivity contribution >= 4 is 18.3 Å². The highest BCUT2D eigenvalue weighted by atomic mass is 16.5. The van der Waals surface area contributed by atoms with Crippen molar-refractivity contribution in [1.29, 1.82) is 0 Å². The summed E-state index contributed by atoms with van der Waals surface area (Å²) in [5.74, 6) is -0.773. The predicted octanol–water partition coefficient (Wildman–Crippen LogP) is 2.85. The summed E-state index contributed by atoms with van der Waals surface area (Å²) < 4.78 is 6.16. The number of aromatic hydroxyl groups is 2. The van der Waals surface area contributed by atoms with Crippen LogP contribution in [-0.2, 0) is 9.53 Å². The van der Waals surface area contributed by atoms with Crippen molar-refractivity contribution in [3.8, 4) is 28.6 Å². The van der Waals surface area contributed by atoms with Gasteiger partial charge in [0.25, 0.3) is 18.3 Å². The van der Waals surface area contributed by atoms with Gasteiger partial charge < -0.3 is 25.2 Å². The standard InChI is InChI=1S/C26H31N5O6/c1-5-27-25(35)24-29-28-23(20-13-19(16(2)3)21(33)14-22(20)34)31(24)18-9-7-17(8-10-18)26(36)30(4)11-6-12-37-15-32/h7-10,13-16,33-34H,5-6,11-12H2,1-4H3,(H,27,35).